The first-order valence-electron chi connectivity index (χ1n) is 9.69. The van der Waals surface area contributed by atoms with Crippen molar-refractivity contribution in [3.05, 3.63) is 47.5 Å². The Bertz CT molecular complexity index is 579. The molecule has 0 radical (unpaired) electrons. The Morgan fingerprint density at radius 1 is 1.00 bits per heavy atom. The maximum absolute atomic E-state index is 11.3. The summed E-state index contributed by atoms with van der Waals surface area (Å²) in [6.07, 6.45) is 11.3. The maximum atomic E-state index is 11.3. The van der Waals surface area contributed by atoms with Crippen LogP contribution >= 0.6 is 11.6 Å². The van der Waals surface area contributed by atoms with Crippen LogP contribution in [0.4, 0.5) is 0 Å². The minimum absolute atomic E-state index is 0.289. The molecule has 2 aliphatic rings. The van der Waals surface area contributed by atoms with Crippen LogP contribution in [0.3, 0.4) is 0 Å². The van der Waals surface area contributed by atoms with E-state index in [4.69, 9.17) is 11.6 Å². The number of aliphatic carboxylic acids is 1. The molecule has 136 valence electrons. The number of hydrogen-bond acceptors (Lipinski definition) is 1. The Kier molecular flexibility index (Phi) is 6.22. The van der Waals surface area contributed by atoms with Crippen molar-refractivity contribution in [1.29, 1.82) is 0 Å². The third-order valence-electron chi connectivity index (χ3n) is 6.64. The van der Waals surface area contributed by atoms with Crippen molar-refractivity contribution >= 4 is 17.6 Å². The van der Waals surface area contributed by atoms with Crippen LogP contribution in [0.2, 0.25) is 5.02 Å². The number of benzene rings is 1. The van der Waals surface area contributed by atoms with Crippen LogP contribution in [0.5, 0.6) is 0 Å². The fourth-order valence-electron chi connectivity index (χ4n) is 5.13. The molecule has 0 bridgehead atoms. The minimum Gasteiger partial charge on any atom is -0.481 e. The third kappa shape index (κ3) is 4.47. The van der Waals surface area contributed by atoms with Gasteiger partial charge in [0.1, 0.15) is 0 Å². The molecule has 1 N–H and O–H groups in total. The van der Waals surface area contributed by atoms with Crippen molar-refractivity contribution in [3.8, 4) is 0 Å². The molecule has 0 spiro atoms. The van der Waals surface area contributed by atoms with E-state index in [9.17, 15) is 9.90 Å². The molecule has 0 amide bonds. The fourth-order valence-corrected chi connectivity index (χ4v) is 5.26. The summed E-state index contributed by atoms with van der Waals surface area (Å²) in [5, 5.41) is 10.1. The molecule has 1 unspecified atom stereocenters. The Morgan fingerprint density at radius 3 is 2.00 bits per heavy atom. The van der Waals surface area contributed by atoms with Crippen molar-refractivity contribution in [3.63, 3.8) is 0 Å². The van der Waals surface area contributed by atoms with Gasteiger partial charge >= 0.3 is 5.97 Å². The zero-order chi connectivity index (χ0) is 17.8. The van der Waals surface area contributed by atoms with E-state index in [2.05, 4.69) is 18.7 Å². The van der Waals surface area contributed by atoms with Crippen LogP contribution in [0.1, 0.15) is 62.8 Å². The Labute approximate surface area is 156 Å². The molecule has 2 fully saturated rings. The van der Waals surface area contributed by atoms with Gasteiger partial charge in [-0.1, -0.05) is 29.8 Å². The molecule has 1 aromatic rings. The highest BCUT2D eigenvalue weighted by molar-refractivity contribution is 6.30. The lowest BCUT2D eigenvalue weighted by Gasteiger charge is -2.38. The zero-order valence-electron chi connectivity index (χ0n) is 14.9. The van der Waals surface area contributed by atoms with Crippen molar-refractivity contribution in [2.75, 3.05) is 0 Å². The molecule has 2 nitrogen and oxygen atoms in total. The van der Waals surface area contributed by atoms with E-state index in [-0.39, 0.29) is 11.8 Å². The predicted octanol–water partition coefficient (Wildman–Crippen LogP) is 6.31. The highest BCUT2D eigenvalue weighted by atomic mass is 35.5. The summed E-state index contributed by atoms with van der Waals surface area (Å²) in [7, 11) is 0. The van der Waals surface area contributed by atoms with E-state index in [1.165, 1.54) is 44.1 Å². The van der Waals surface area contributed by atoms with E-state index in [0.29, 0.717) is 5.92 Å². The van der Waals surface area contributed by atoms with Crippen molar-refractivity contribution < 1.29 is 9.90 Å². The number of carboxylic acid groups (broad SMARTS) is 1. The van der Waals surface area contributed by atoms with Gasteiger partial charge in [-0.2, -0.15) is 0 Å². The van der Waals surface area contributed by atoms with Crippen LogP contribution in [0.15, 0.2) is 36.9 Å². The van der Waals surface area contributed by atoms with Gasteiger partial charge in [-0.15, -0.1) is 6.58 Å². The fraction of sp³-hybridized carbons (Fsp3) is 0.591. The van der Waals surface area contributed by atoms with Gasteiger partial charge in [0, 0.05) is 5.02 Å². The lowest BCUT2D eigenvalue weighted by molar-refractivity contribution is -0.142. The van der Waals surface area contributed by atoms with Gasteiger partial charge in [0.05, 0.1) is 5.92 Å². The average Bonchev–Trinajstić information content (AvgIpc) is 2.63. The van der Waals surface area contributed by atoms with E-state index < -0.39 is 5.97 Å². The second kappa shape index (κ2) is 8.40. The number of rotatable bonds is 5. The van der Waals surface area contributed by atoms with E-state index in [1.807, 2.05) is 12.1 Å². The Hall–Kier alpha value is -1.28. The molecule has 2 saturated carbocycles. The lowest BCUT2D eigenvalue weighted by atomic mass is 9.67. The molecule has 3 heteroatoms. The topological polar surface area (TPSA) is 37.3 Å². The largest absolute Gasteiger partial charge is 0.481 e. The van der Waals surface area contributed by atoms with Gasteiger partial charge in [0.2, 0.25) is 0 Å². The van der Waals surface area contributed by atoms with Gasteiger partial charge in [0.25, 0.3) is 0 Å². The lowest BCUT2D eigenvalue weighted by Crippen LogP contribution is -2.30. The molecular weight excluding hydrogens is 332 g/mol. The first-order chi connectivity index (χ1) is 12.1. The standard InChI is InChI=1S/C22H29ClO2/c1-2-21(22(24)25)19-9-7-17(8-10-19)15-3-5-16(6-4-15)18-11-13-20(23)14-12-18/h2,11-17,19,21H,1,3-10H2,(H,24,25). The first kappa shape index (κ1) is 18.5. The van der Waals surface area contributed by atoms with Gasteiger partial charge in [0.15, 0.2) is 0 Å². The second-order valence-electron chi connectivity index (χ2n) is 7.94. The summed E-state index contributed by atoms with van der Waals surface area (Å²) in [6.45, 7) is 3.72. The molecule has 1 atom stereocenters. The van der Waals surface area contributed by atoms with Crippen LogP contribution in [-0.4, -0.2) is 11.1 Å². The van der Waals surface area contributed by atoms with Crippen LogP contribution in [0, 0.1) is 23.7 Å². The van der Waals surface area contributed by atoms with Crippen LogP contribution in [0.25, 0.3) is 0 Å². The molecular formula is C22H29ClO2. The maximum Gasteiger partial charge on any atom is 0.310 e. The summed E-state index contributed by atoms with van der Waals surface area (Å²) in [4.78, 5) is 11.3. The third-order valence-corrected chi connectivity index (χ3v) is 6.90. The van der Waals surface area contributed by atoms with Gasteiger partial charge in [-0.25, -0.2) is 0 Å². The Balaban J connectivity index is 1.48. The monoisotopic (exact) mass is 360 g/mol. The molecule has 1 aromatic carbocycles. The molecule has 0 aromatic heterocycles. The number of carboxylic acids is 1. The molecule has 0 saturated heterocycles. The quantitative estimate of drug-likeness (QED) is 0.625. The minimum atomic E-state index is -0.707. The highest BCUT2D eigenvalue weighted by Crippen LogP contribution is 2.45. The molecule has 25 heavy (non-hydrogen) atoms. The zero-order valence-corrected chi connectivity index (χ0v) is 15.6. The number of hydrogen-bond donors (Lipinski definition) is 1. The van der Waals surface area contributed by atoms with Crippen molar-refractivity contribution in [1.82, 2.24) is 0 Å². The summed E-state index contributed by atoms with van der Waals surface area (Å²) in [5.74, 6) is 1.53. The summed E-state index contributed by atoms with van der Waals surface area (Å²) in [5.41, 5.74) is 1.43. The van der Waals surface area contributed by atoms with Gasteiger partial charge in [-0.05, 0) is 92.7 Å². The van der Waals surface area contributed by atoms with E-state index in [0.717, 1.165) is 29.7 Å². The van der Waals surface area contributed by atoms with E-state index in [1.54, 1.807) is 6.08 Å². The SMILES string of the molecule is C=CC(C(=O)O)C1CCC(C2CCC(c3ccc(Cl)cc3)CC2)CC1. The summed E-state index contributed by atoms with van der Waals surface area (Å²) >= 11 is 6.00. The number of halogens is 1. The predicted molar refractivity (Wildman–Crippen MR) is 103 cm³/mol. The van der Waals surface area contributed by atoms with Gasteiger partial charge < -0.3 is 5.11 Å². The highest BCUT2D eigenvalue weighted by Gasteiger charge is 2.34. The van der Waals surface area contributed by atoms with Gasteiger partial charge in [-0.3, -0.25) is 4.79 Å². The van der Waals surface area contributed by atoms with Crippen LogP contribution < -0.4 is 0 Å². The first-order valence-corrected chi connectivity index (χ1v) is 10.1. The summed E-state index contributed by atoms with van der Waals surface area (Å²) < 4.78 is 0. The number of carbonyl (C=O) groups is 1. The Morgan fingerprint density at radius 2 is 1.52 bits per heavy atom. The molecule has 2 aliphatic carbocycles. The second-order valence-corrected chi connectivity index (χ2v) is 8.37. The normalized spacial score (nSPS) is 31.2. The van der Waals surface area contributed by atoms with E-state index >= 15 is 0 Å². The van der Waals surface area contributed by atoms with Crippen LogP contribution in [-0.2, 0) is 4.79 Å². The smallest absolute Gasteiger partial charge is 0.310 e. The summed E-state index contributed by atoms with van der Waals surface area (Å²) in [6, 6.07) is 8.37. The molecule has 0 aliphatic heterocycles. The molecule has 3 rings (SSSR count). The molecule has 0 heterocycles. The van der Waals surface area contributed by atoms with Crippen molar-refractivity contribution in [2.24, 2.45) is 23.7 Å². The van der Waals surface area contributed by atoms with Crippen molar-refractivity contribution in [2.45, 2.75) is 57.3 Å². The average molecular weight is 361 g/mol.